The van der Waals surface area contributed by atoms with Crippen LogP contribution < -0.4 is 10.2 Å². The van der Waals surface area contributed by atoms with Crippen molar-refractivity contribution < 1.29 is 13.2 Å². The van der Waals surface area contributed by atoms with Crippen LogP contribution in [0.4, 0.5) is 24.5 Å². The Bertz CT molecular complexity index is 1010. The van der Waals surface area contributed by atoms with Crippen molar-refractivity contribution in [1.29, 1.82) is 0 Å². The lowest BCUT2D eigenvalue weighted by Gasteiger charge is -2.33. The van der Waals surface area contributed by atoms with Gasteiger partial charge in [-0.05, 0) is 53.4 Å². The first-order valence-electron chi connectivity index (χ1n) is 9.78. The zero-order chi connectivity index (χ0) is 20.2. The van der Waals surface area contributed by atoms with E-state index in [9.17, 15) is 13.2 Å². The first-order valence-corrected chi connectivity index (χ1v) is 10.9. The molecule has 0 saturated carbocycles. The molecule has 0 aromatic heterocycles. The second kappa shape index (κ2) is 6.96. The summed E-state index contributed by atoms with van der Waals surface area (Å²) >= 11 is 1.84. The van der Waals surface area contributed by atoms with Crippen molar-refractivity contribution in [3.8, 4) is 11.1 Å². The van der Waals surface area contributed by atoms with E-state index in [2.05, 4.69) is 15.1 Å². The Kier molecular flexibility index (Phi) is 4.52. The molecule has 0 aliphatic carbocycles. The zero-order valence-corrected chi connectivity index (χ0v) is 16.5. The maximum Gasteiger partial charge on any atom is 0.415 e. The van der Waals surface area contributed by atoms with E-state index in [4.69, 9.17) is 6.57 Å². The molecule has 0 bridgehead atoms. The zero-order valence-electron chi connectivity index (χ0n) is 15.7. The summed E-state index contributed by atoms with van der Waals surface area (Å²) < 4.78 is 41.4. The summed E-state index contributed by atoms with van der Waals surface area (Å²) in [5, 5.41) is 3.46. The summed E-state index contributed by atoms with van der Waals surface area (Å²) in [6.45, 7) is 9.93. The molecule has 0 unspecified atom stereocenters. The van der Waals surface area contributed by atoms with Crippen LogP contribution in [0.3, 0.4) is 0 Å². The highest BCUT2D eigenvalue weighted by Gasteiger charge is 2.42. The van der Waals surface area contributed by atoms with Crippen LogP contribution in [-0.4, -0.2) is 31.4 Å². The van der Waals surface area contributed by atoms with Crippen molar-refractivity contribution in [2.45, 2.75) is 30.3 Å². The van der Waals surface area contributed by atoms with E-state index in [1.807, 2.05) is 23.9 Å². The van der Waals surface area contributed by atoms with Gasteiger partial charge in [0.25, 0.3) is 0 Å². The Morgan fingerprint density at radius 2 is 2.07 bits per heavy atom. The Morgan fingerprint density at radius 3 is 2.86 bits per heavy atom. The fraction of sp³-hybridized carbons (Fsp3) is 0.409. The van der Waals surface area contributed by atoms with Gasteiger partial charge in [0.2, 0.25) is 0 Å². The first kappa shape index (κ1) is 18.8. The van der Waals surface area contributed by atoms with Gasteiger partial charge in [0.05, 0.1) is 12.1 Å². The van der Waals surface area contributed by atoms with E-state index < -0.39 is 11.7 Å². The Morgan fingerprint density at radius 1 is 1.21 bits per heavy atom. The van der Waals surface area contributed by atoms with Crippen LogP contribution in [0.1, 0.15) is 29.0 Å². The van der Waals surface area contributed by atoms with Crippen molar-refractivity contribution in [3.05, 3.63) is 58.4 Å². The molecule has 0 spiro atoms. The van der Waals surface area contributed by atoms with Crippen LogP contribution in [0, 0.1) is 6.57 Å². The Labute approximate surface area is 172 Å². The van der Waals surface area contributed by atoms with Crippen molar-refractivity contribution >= 4 is 23.1 Å². The molecule has 2 atom stereocenters. The normalized spacial score (nSPS) is 23.2. The predicted octanol–water partition coefficient (Wildman–Crippen LogP) is 5.44. The molecular formula is C22H20F3N3S. The van der Waals surface area contributed by atoms with Crippen molar-refractivity contribution in [3.63, 3.8) is 0 Å². The van der Waals surface area contributed by atoms with Crippen LogP contribution >= 0.6 is 11.8 Å². The maximum atomic E-state index is 13.8. The highest BCUT2D eigenvalue weighted by Crippen LogP contribution is 2.50. The van der Waals surface area contributed by atoms with E-state index in [-0.39, 0.29) is 11.3 Å². The van der Waals surface area contributed by atoms with Gasteiger partial charge in [0.1, 0.15) is 0 Å². The van der Waals surface area contributed by atoms with Gasteiger partial charge in [-0.3, -0.25) is 0 Å². The average molecular weight is 415 g/mol. The van der Waals surface area contributed by atoms with E-state index >= 15 is 0 Å². The molecule has 3 nitrogen and oxygen atoms in total. The monoisotopic (exact) mass is 415 g/mol. The number of anilines is 1. The molecule has 3 aliphatic heterocycles. The second-order valence-electron chi connectivity index (χ2n) is 7.83. The third-order valence-electron chi connectivity index (χ3n) is 6.23. The van der Waals surface area contributed by atoms with Gasteiger partial charge >= 0.3 is 6.18 Å². The minimum Gasteiger partial charge on any atom is -0.367 e. The molecule has 2 aromatic carbocycles. The fourth-order valence-corrected chi connectivity index (χ4v) is 5.94. The Hall–Kier alpha value is -2.17. The number of halogens is 3. The molecule has 150 valence electrons. The smallest absolute Gasteiger partial charge is 0.367 e. The van der Waals surface area contributed by atoms with Crippen LogP contribution in [0.15, 0.2) is 30.3 Å². The molecule has 3 aliphatic rings. The van der Waals surface area contributed by atoms with Gasteiger partial charge in [-0.1, -0.05) is 12.1 Å². The van der Waals surface area contributed by atoms with E-state index in [0.29, 0.717) is 17.5 Å². The molecule has 1 fully saturated rings. The molecule has 2 aromatic rings. The van der Waals surface area contributed by atoms with Crippen LogP contribution in [-0.2, 0) is 11.9 Å². The average Bonchev–Trinajstić information content (AvgIpc) is 2.88. The molecule has 1 saturated heterocycles. The molecule has 5 rings (SSSR count). The first-order chi connectivity index (χ1) is 14.0. The highest BCUT2D eigenvalue weighted by molar-refractivity contribution is 7.98. The van der Waals surface area contributed by atoms with Crippen LogP contribution in [0.5, 0.6) is 0 Å². The summed E-state index contributed by atoms with van der Waals surface area (Å²) in [7, 11) is 0. The summed E-state index contributed by atoms with van der Waals surface area (Å²) in [6.07, 6.45) is -3.44. The number of fused-ring (bicyclic) bond motifs is 3. The Balaban J connectivity index is 1.70. The van der Waals surface area contributed by atoms with Crippen LogP contribution in [0.25, 0.3) is 16.0 Å². The number of alkyl halides is 3. The molecular weight excluding hydrogens is 395 g/mol. The van der Waals surface area contributed by atoms with E-state index in [1.54, 1.807) is 0 Å². The number of nitrogens with one attached hydrogen (secondary N) is 1. The number of benzene rings is 2. The third kappa shape index (κ3) is 3.10. The highest BCUT2D eigenvalue weighted by atomic mass is 32.2. The maximum absolute atomic E-state index is 13.8. The van der Waals surface area contributed by atoms with Gasteiger partial charge in [-0.15, -0.1) is 0 Å². The summed E-state index contributed by atoms with van der Waals surface area (Å²) in [5.74, 6) is 2.17. The van der Waals surface area contributed by atoms with Gasteiger partial charge < -0.3 is 10.2 Å². The van der Waals surface area contributed by atoms with E-state index in [0.717, 1.165) is 49.2 Å². The molecule has 1 N–H and O–H groups in total. The minimum absolute atomic E-state index is 0.0126. The summed E-state index contributed by atoms with van der Waals surface area (Å²) in [4.78, 5) is 5.69. The fourth-order valence-electron chi connectivity index (χ4n) is 5.03. The van der Waals surface area contributed by atoms with Crippen molar-refractivity contribution in [2.75, 3.05) is 30.3 Å². The molecule has 0 radical (unpaired) electrons. The van der Waals surface area contributed by atoms with Gasteiger partial charge in [-0.2, -0.15) is 24.9 Å². The number of piperidine rings is 1. The lowest BCUT2D eigenvalue weighted by molar-refractivity contribution is -0.137. The molecule has 7 heteroatoms. The molecule has 29 heavy (non-hydrogen) atoms. The van der Waals surface area contributed by atoms with Crippen molar-refractivity contribution in [1.82, 2.24) is 5.32 Å². The SMILES string of the molecule is [C-]#[N+]c1ccc(-c2cc3c4c(c2)[C@@H]2CNCC[C@@H]2N4CCSC3)c(C(F)(F)F)c1. The lowest BCUT2D eigenvalue weighted by atomic mass is 9.87. The summed E-state index contributed by atoms with van der Waals surface area (Å²) in [5.41, 5.74) is 3.62. The lowest BCUT2D eigenvalue weighted by Crippen LogP contribution is -2.44. The standard InChI is InChI=1S/C22H20F3N3S/c1-26-15-2-3-16(19(10-15)22(23,24)25)13-8-14-12-29-7-6-28-20-4-5-27-11-18(20)17(9-13)21(14)28/h2-3,8-10,18,20,27H,4-7,11-12H2/t18-,20-/m0/s1. The predicted molar refractivity (Wildman–Crippen MR) is 111 cm³/mol. The molecule has 3 heterocycles. The van der Waals surface area contributed by atoms with Gasteiger partial charge in [0.15, 0.2) is 5.69 Å². The quantitative estimate of drug-likeness (QED) is 0.627. The minimum atomic E-state index is -4.50. The largest absolute Gasteiger partial charge is 0.415 e. The topological polar surface area (TPSA) is 19.6 Å². The number of rotatable bonds is 1. The van der Waals surface area contributed by atoms with E-state index in [1.165, 1.54) is 23.4 Å². The van der Waals surface area contributed by atoms with Gasteiger partial charge in [-0.25, -0.2) is 4.85 Å². The molecule has 0 amide bonds. The number of hydrogen-bond acceptors (Lipinski definition) is 3. The van der Waals surface area contributed by atoms with Crippen LogP contribution in [0.2, 0.25) is 0 Å². The number of nitrogens with zero attached hydrogens (tertiary/aromatic N) is 2. The van der Waals surface area contributed by atoms with Crippen molar-refractivity contribution in [2.24, 2.45) is 0 Å². The van der Waals surface area contributed by atoms with Gasteiger partial charge in [0, 0.05) is 42.2 Å². The summed E-state index contributed by atoms with van der Waals surface area (Å²) in [6, 6.07) is 8.26. The number of hydrogen-bond donors (Lipinski definition) is 1. The second-order valence-corrected chi connectivity index (χ2v) is 8.93. The number of thioether (sulfide) groups is 1. The third-order valence-corrected chi connectivity index (χ3v) is 7.22.